The molecular weight excluding hydrogens is 366 g/mol. The average molecular weight is 385 g/mol. The van der Waals surface area contributed by atoms with E-state index in [0.717, 1.165) is 16.6 Å². The molecule has 1 aromatic carbocycles. The molecule has 0 saturated heterocycles. The third-order valence-electron chi connectivity index (χ3n) is 3.96. The van der Waals surface area contributed by atoms with E-state index in [1.807, 2.05) is 13.0 Å². The lowest BCUT2D eigenvalue weighted by atomic mass is 10.1. The number of carbonyl (C=O) groups excluding carboxylic acids is 2. The Morgan fingerprint density at radius 2 is 2.04 bits per heavy atom. The van der Waals surface area contributed by atoms with Crippen LogP contribution in [0.5, 0.6) is 0 Å². The van der Waals surface area contributed by atoms with E-state index in [0.29, 0.717) is 27.7 Å². The summed E-state index contributed by atoms with van der Waals surface area (Å²) in [6.45, 7) is 3.89. The zero-order valence-electron chi connectivity index (χ0n) is 15.2. The molecular formula is C19H19N3O4S. The van der Waals surface area contributed by atoms with Gasteiger partial charge < -0.3 is 14.8 Å². The minimum absolute atomic E-state index is 0.0145. The maximum Gasteiger partial charge on any atom is 0.348 e. The van der Waals surface area contributed by atoms with E-state index < -0.39 is 5.97 Å². The molecule has 0 saturated carbocycles. The van der Waals surface area contributed by atoms with E-state index in [1.54, 1.807) is 25.3 Å². The second-order valence-corrected chi connectivity index (χ2v) is 6.85. The van der Waals surface area contributed by atoms with E-state index in [1.165, 1.54) is 24.6 Å². The first-order valence-electron chi connectivity index (χ1n) is 8.29. The summed E-state index contributed by atoms with van der Waals surface area (Å²) in [6, 6.07) is 7.17. The maximum atomic E-state index is 12.3. The molecule has 0 amide bonds. The second kappa shape index (κ2) is 8.24. The Hall–Kier alpha value is -2.84. The number of hydrogen-bond donors (Lipinski definition) is 1. The molecule has 3 aromatic rings. The minimum Gasteiger partial charge on any atom is -0.459 e. The number of ketones is 1. The zero-order valence-corrected chi connectivity index (χ0v) is 16.1. The first kappa shape index (κ1) is 18.9. The van der Waals surface area contributed by atoms with Gasteiger partial charge >= 0.3 is 5.97 Å². The predicted molar refractivity (Wildman–Crippen MR) is 104 cm³/mol. The molecule has 7 nitrogen and oxygen atoms in total. The minimum atomic E-state index is -0.405. The topological polar surface area (TPSA) is 90.4 Å². The average Bonchev–Trinajstić information content (AvgIpc) is 3.00. The summed E-state index contributed by atoms with van der Waals surface area (Å²) in [5.74, 6) is 0.154. The smallest absolute Gasteiger partial charge is 0.348 e. The third kappa shape index (κ3) is 4.12. The van der Waals surface area contributed by atoms with Crippen LogP contribution in [0.2, 0.25) is 0 Å². The quantitative estimate of drug-likeness (QED) is 0.376. The molecule has 140 valence electrons. The fraction of sp³-hybridized carbons (Fsp3) is 0.263. The molecule has 0 unspecified atom stereocenters. The van der Waals surface area contributed by atoms with Crippen molar-refractivity contribution in [1.29, 1.82) is 0 Å². The number of carbonyl (C=O) groups is 2. The highest BCUT2D eigenvalue weighted by Gasteiger charge is 2.20. The van der Waals surface area contributed by atoms with Gasteiger partial charge in [-0.2, -0.15) is 0 Å². The summed E-state index contributed by atoms with van der Waals surface area (Å²) in [4.78, 5) is 33.7. The van der Waals surface area contributed by atoms with Gasteiger partial charge in [-0.3, -0.25) is 4.79 Å². The van der Waals surface area contributed by atoms with E-state index >= 15 is 0 Å². The van der Waals surface area contributed by atoms with Gasteiger partial charge in [0.25, 0.3) is 0 Å². The van der Waals surface area contributed by atoms with Crippen molar-refractivity contribution < 1.29 is 19.1 Å². The number of Topliss-reactive ketones (excluding diaryl/α,β-unsaturated/α-hetero) is 1. The Balaban J connectivity index is 1.94. The fourth-order valence-corrected chi connectivity index (χ4v) is 3.64. The van der Waals surface area contributed by atoms with Crippen molar-refractivity contribution in [3.63, 3.8) is 0 Å². The van der Waals surface area contributed by atoms with Gasteiger partial charge in [-0.15, -0.1) is 11.3 Å². The molecule has 0 atom stereocenters. The van der Waals surface area contributed by atoms with Crippen molar-refractivity contribution in [2.45, 2.75) is 13.8 Å². The van der Waals surface area contributed by atoms with E-state index in [2.05, 4.69) is 15.3 Å². The van der Waals surface area contributed by atoms with Crippen molar-refractivity contribution in [1.82, 2.24) is 9.97 Å². The van der Waals surface area contributed by atoms with Gasteiger partial charge in [-0.1, -0.05) is 12.1 Å². The Bertz CT molecular complexity index is 1000. The summed E-state index contributed by atoms with van der Waals surface area (Å²) in [7, 11) is 1.55. The van der Waals surface area contributed by atoms with E-state index in [4.69, 9.17) is 9.47 Å². The molecule has 2 heterocycles. The highest BCUT2D eigenvalue weighted by Crippen LogP contribution is 2.34. The van der Waals surface area contributed by atoms with Crippen LogP contribution in [-0.4, -0.2) is 42.0 Å². The highest BCUT2D eigenvalue weighted by molar-refractivity contribution is 7.20. The summed E-state index contributed by atoms with van der Waals surface area (Å²) >= 11 is 1.26. The number of aryl methyl sites for hydroxylation is 1. The molecule has 3 rings (SSSR count). The number of esters is 1. The first-order valence-corrected chi connectivity index (χ1v) is 9.11. The van der Waals surface area contributed by atoms with Crippen LogP contribution < -0.4 is 5.32 Å². The van der Waals surface area contributed by atoms with Crippen molar-refractivity contribution >= 4 is 44.8 Å². The van der Waals surface area contributed by atoms with Gasteiger partial charge in [-0.25, -0.2) is 14.8 Å². The molecule has 27 heavy (non-hydrogen) atoms. The van der Waals surface area contributed by atoms with Gasteiger partial charge in [-0.05, 0) is 31.5 Å². The largest absolute Gasteiger partial charge is 0.459 e. The van der Waals surface area contributed by atoms with Crippen LogP contribution in [0.25, 0.3) is 10.2 Å². The molecule has 0 aliphatic heterocycles. The number of ether oxygens (including phenoxy) is 2. The van der Waals surface area contributed by atoms with Gasteiger partial charge in [0.1, 0.15) is 28.5 Å². The van der Waals surface area contributed by atoms with Gasteiger partial charge in [0, 0.05) is 18.4 Å². The third-order valence-corrected chi connectivity index (χ3v) is 5.14. The van der Waals surface area contributed by atoms with Crippen molar-refractivity contribution in [3.8, 4) is 0 Å². The lowest BCUT2D eigenvalue weighted by Gasteiger charge is -2.08. The summed E-state index contributed by atoms with van der Waals surface area (Å²) in [6.07, 6.45) is 1.44. The molecule has 0 bridgehead atoms. The lowest BCUT2D eigenvalue weighted by molar-refractivity contribution is 0.0393. The molecule has 0 spiro atoms. The van der Waals surface area contributed by atoms with Crippen LogP contribution >= 0.6 is 11.3 Å². The van der Waals surface area contributed by atoms with Crippen LogP contribution in [0.1, 0.15) is 32.5 Å². The molecule has 0 aliphatic rings. The summed E-state index contributed by atoms with van der Waals surface area (Å²) in [5, 5.41) is 3.98. The standard InChI is InChI=1S/C19H19N3O4S/c1-11-15-17(22-14-6-4-5-13(9-14)12(2)23)20-10-21-18(15)27-16(11)19(24)26-8-7-25-3/h4-6,9-10H,7-8H2,1-3H3,(H,20,21,22). The molecule has 2 aromatic heterocycles. The maximum absolute atomic E-state index is 12.3. The van der Waals surface area contributed by atoms with Crippen molar-refractivity contribution in [2.75, 3.05) is 25.6 Å². The second-order valence-electron chi connectivity index (χ2n) is 5.85. The molecule has 0 fully saturated rings. The van der Waals surface area contributed by atoms with Gasteiger partial charge in [0.15, 0.2) is 5.78 Å². The van der Waals surface area contributed by atoms with Gasteiger partial charge in [0.2, 0.25) is 0 Å². The first-order chi connectivity index (χ1) is 13.0. The molecule has 8 heteroatoms. The lowest BCUT2D eigenvalue weighted by Crippen LogP contribution is -2.09. The Labute approximate surface area is 160 Å². The number of rotatable bonds is 7. The number of aromatic nitrogens is 2. The van der Waals surface area contributed by atoms with Crippen LogP contribution in [0.15, 0.2) is 30.6 Å². The Morgan fingerprint density at radius 1 is 1.22 bits per heavy atom. The Kier molecular flexibility index (Phi) is 5.78. The number of thiophene rings is 1. The summed E-state index contributed by atoms with van der Waals surface area (Å²) < 4.78 is 10.1. The molecule has 0 aliphatic carbocycles. The van der Waals surface area contributed by atoms with Gasteiger partial charge in [0.05, 0.1) is 12.0 Å². The number of nitrogens with zero attached hydrogens (tertiary/aromatic N) is 2. The van der Waals surface area contributed by atoms with Crippen LogP contribution in [0.4, 0.5) is 11.5 Å². The number of methoxy groups -OCH3 is 1. The normalized spacial score (nSPS) is 10.8. The van der Waals surface area contributed by atoms with Crippen LogP contribution in [0, 0.1) is 6.92 Å². The molecule has 1 N–H and O–H groups in total. The van der Waals surface area contributed by atoms with Crippen LogP contribution in [-0.2, 0) is 9.47 Å². The fourth-order valence-electron chi connectivity index (χ4n) is 2.60. The number of anilines is 2. The number of benzene rings is 1. The van der Waals surface area contributed by atoms with Crippen LogP contribution in [0.3, 0.4) is 0 Å². The number of hydrogen-bond acceptors (Lipinski definition) is 8. The molecule has 0 radical (unpaired) electrons. The number of nitrogens with one attached hydrogen (secondary N) is 1. The Morgan fingerprint density at radius 3 is 2.78 bits per heavy atom. The monoisotopic (exact) mass is 385 g/mol. The van der Waals surface area contributed by atoms with Crippen molar-refractivity contribution in [3.05, 3.63) is 46.6 Å². The zero-order chi connectivity index (χ0) is 19.4. The summed E-state index contributed by atoms with van der Waals surface area (Å²) in [5.41, 5.74) is 2.09. The van der Waals surface area contributed by atoms with E-state index in [9.17, 15) is 9.59 Å². The SMILES string of the molecule is COCCOC(=O)c1sc2ncnc(Nc3cccc(C(C)=O)c3)c2c1C. The highest BCUT2D eigenvalue weighted by atomic mass is 32.1. The van der Waals surface area contributed by atoms with Crippen molar-refractivity contribution in [2.24, 2.45) is 0 Å². The van der Waals surface area contributed by atoms with E-state index in [-0.39, 0.29) is 12.4 Å². The number of fused-ring (bicyclic) bond motifs is 1. The predicted octanol–water partition coefficient (Wildman–Crippen LogP) is 3.75.